The number of ether oxygens (including phenoxy) is 1. The Balaban J connectivity index is 2.79. The van der Waals surface area contributed by atoms with E-state index in [1.54, 1.807) is 7.11 Å². The molecule has 3 nitrogen and oxygen atoms in total. The van der Waals surface area contributed by atoms with Gasteiger partial charge in [0.25, 0.3) is 0 Å². The maximum Gasteiger partial charge on any atom is 0.118 e. The normalized spacial score (nSPS) is 12.2. The number of aliphatic hydroxyl groups excluding tert-OH is 2. The van der Waals surface area contributed by atoms with Crippen LogP contribution in [0.15, 0.2) is 33.4 Å². The third-order valence-corrected chi connectivity index (χ3v) is 3.39. The summed E-state index contributed by atoms with van der Waals surface area (Å²) < 4.78 is 5.87. The van der Waals surface area contributed by atoms with Gasteiger partial charge in [-0.2, -0.15) is 0 Å². The van der Waals surface area contributed by atoms with Crippen LogP contribution >= 0.6 is 22.6 Å². The predicted octanol–water partition coefficient (Wildman–Crippen LogP) is 1.91. The number of methoxy groups -OCH3 is 1. The molecule has 1 aromatic rings. The zero-order chi connectivity index (χ0) is 12.0. The largest absolute Gasteiger partial charge is 0.497 e. The smallest absolute Gasteiger partial charge is 0.118 e. The summed E-state index contributed by atoms with van der Waals surface area (Å²) in [6.07, 6.45) is 0.652. The molecule has 0 spiro atoms. The average Bonchev–Trinajstić information content (AvgIpc) is 2.35. The van der Waals surface area contributed by atoms with Crippen molar-refractivity contribution in [3.63, 3.8) is 0 Å². The molecule has 88 valence electrons. The lowest BCUT2D eigenvalue weighted by molar-refractivity contribution is 0.316. The number of hydrogen-bond acceptors (Lipinski definition) is 3. The highest BCUT2D eigenvalue weighted by Crippen LogP contribution is 2.18. The van der Waals surface area contributed by atoms with Gasteiger partial charge in [-0.3, -0.25) is 0 Å². The highest BCUT2D eigenvalue weighted by Gasteiger charge is 2.04. The van der Waals surface area contributed by atoms with Gasteiger partial charge in [0.2, 0.25) is 0 Å². The minimum absolute atomic E-state index is 0.0212. The van der Waals surface area contributed by atoms with Crippen LogP contribution in [0.5, 0.6) is 5.75 Å². The SMILES string of the molecule is COc1ccc(C/C(CO)=C(/I)CO)cc1. The van der Waals surface area contributed by atoms with Crippen molar-refractivity contribution in [2.45, 2.75) is 6.42 Å². The van der Waals surface area contributed by atoms with Crippen LogP contribution in [0.3, 0.4) is 0 Å². The lowest BCUT2D eigenvalue weighted by atomic mass is 10.1. The molecule has 0 aliphatic rings. The first-order chi connectivity index (χ1) is 7.71. The molecule has 0 saturated carbocycles. The van der Waals surface area contributed by atoms with E-state index in [4.69, 9.17) is 9.84 Å². The first-order valence-electron chi connectivity index (χ1n) is 4.92. The summed E-state index contributed by atoms with van der Waals surface area (Å²) in [5.41, 5.74) is 1.95. The molecule has 0 unspecified atom stereocenters. The van der Waals surface area contributed by atoms with Gasteiger partial charge in [0.05, 0.1) is 20.3 Å². The highest BCUT2D eigenvalue weighted by atomic mass is 127. The van der Waals surface area contributed by atoms with Gasteiger partial charge in [-0.25, -0.2) is 0 Å². The van der Waals surface area contributed by atoms with Crippen molar-refractivity contribution < 1.29 is 14.9 Å². The molecule has 1 aromatic carbocycles. The summed E-state index contributed by atoms with van der Waals surface area (Å²) in [6.45, 7) is -0.0442. The van der Waals surface area contributed by atoms with Gasteiger partial charge in [0.1, 0.15) is 5.75 Å². The van der Waals surface area contributed by atoms with E-state index in [0.29, 0.717) is 6.42 Å². The van der Waals surface area contributed by atoms with Crippen molar-refractivity contribution in [2.75, 3.05) is 20.3 Å². The van der Waals surface area contributed by atoms with Crippen LogP contribution in [0.25, 0.3) is 0 Å². The first-order valence-corrected chi connectivity index (χ1v) is 6.00. The molecule has 0 aliphatic heterocycles. The topological polar surface area (TPSA) is 49.7 Å². The van der Waals surface area contributed by atoms with Gasteiger partial charge in [-0.1, -0.05) is 12.1 Å². The molecule has 0 bridgehead atoms. The molecule has 1 rings (SSSR count). The Kier molecular flexibility index (Phi) is 5.79. The Labute approximate surface area is 109 Å². The Morgan fingerprint density at radius 1 is 1.19 bits per heavy atom. The Hall–Kier alpha value is -0.590. The third kappa shape index (κ3) is 3.77. The molecule has 0 heterocycles. The van der Waals surface area contributed by atoms with E-state index in [2.05, 4.69) is 22.6 Å². The van der Waals surface area contributed by atoms with Gasteiger partial charge >= 0.3 is 0 Å². The van der Waals surface area contributed by atoms with Crippen LogP contribution < -0.4 is 4.74 Å². The molecule has 0 amide bonds. The Morgan fingerprint density at radius 2 is 1.81 bits per heavy atom. The zero-order valence-electron chi connectivity index (χ0n) is 9.11. The number of hydrogen-bond donors (Lipinski definition) is 2. The van der Waals surface area contributed by atoms with Crippen molar-refractivity contribution in [3.8, 4) is 5.75 Å². The molecule has 0 radical (unpaired) electrons. The summed E-state index contributed by atoms with van der Waals surface area (Å²) in [5.74, 6) is 0.815. The van der Waals surface area contributed by atoms with Crippen molar-refractivity contribution in [3.05, 3.63) is 39.0 Å². The Bertz CT molecular complexity index is 357. The van der Waals surface area contributed by atoms with E-state index in [9.17, 15) is 5.11 Å². The minimum Gasteiger partial charge on any atom is -0.497 e. The number of rotatable bonds is 5. The maximum absolute atomic E-state index is 9.19. The van der Waals surface area contributed by atoms with Crippen LogP contribution in [0.1, 0.15) is 5.56 Å². The first kappa shape index (κ1) is 13.5. The van der Waals surface area contributed by atoms with E-state index in [-0.39, 0.29) is 13.2 Å². The quantitative estimate of drug-likeness (QED) is 0.809. The summed E-state index contributed by atoms with van der Waals surface area (Å²) in [6, 6.07) is 7.68. The van der Waals surface area contributed by atoms with Gasteiger partial charge in [0, 0.05) is 3.58 Å². The van der Waals surface area contributed by atoms with Gasteiger partial charge in [0.15, 0.2) is 0 Å². The predicted molar refractivity (Wildman–Crippen MR) is 71.9 cm³/mol. The van der Waals surface area contributed by atoms with E-state index in [1.807, 2.05) is 24.3 Å². The summed E-state index contributed by atoms with van der Waals surface area (Å²) >= 11 is 2.05. The van der Waals surface area contributed by atoms with Crippen LogP contribution in [0.4, 0.5) is 0 Å². The second kappa shape index (κ2) is 6.88. The molecule has 16 heavy (non-hydrogen) atoms. The van der Waals surface area contributed by atoms with Crippen molar-refractivity contribution in [2.24, 2.45) is 0 Å². The van der Waals surface area contributed by atoms with Crippen molar-refractivity contribution in [1.82, 2.24) is 0 Å². The number of aliphatic hydroxyl groups is 2. The molecule has 0 aromatic heterocycles. The minimum atomic E-state index is -0.0230. The Morgan fingerprint density at radius 3 is 2.25 bits per heavy atom. The van der Waals surface area contributed by atoms with Crippen LogP contribution in [0.2, 0.25) is 0 Å². The molecule has 0 atom stereocenters. The van der Waals surface area contributed by atoms with Crippen molar-refractivity contribution in [1.29, 1.82) is 0 Å². The fourth-order valence-electron chi connectivity index (χ4n) is 1.34. The van der Waals surface area contributed by atoms with Crippen LogP contribution in [0, 0.1) is 0 Å². The van der Waals surface area contributed by atoms with Gasteiger partial charge in [-0.05, 0) is 52.3 Å². The average molecular weight is 334 g/mol. The van der Waals surface area contributed by atoms with E-state index in [0.717, 1.165) is 20.5 Å². The molecular formula is C12H15IO3. The zero-order valence-corrected chi connectivity index (χ0v) is 11.3. The van der Waals surface area contributed by atoms with E-state index >= 15 is 0 Å². The maximum atomic E-state index is 9.19. The fraction of sp³-hybridized carbons (Fsp3) is 0.333. The van der Waals surface area contributed by atoms with Crippen LogP contribution in [-0.4, -0.2) is 30.5 Å². The molecule has 0 saturated heterocycles. The molecule has 0 fully saturated rings. The lowest BCUT2D eigenvalue weighted by Gasteiger charge is -2.08. The van der Waals surface area contributed by atoms with E-state index < -0.39 is 0 Å². The van der Waals surface area contributed by atoms with Gasteiger partial charge < -0.3 is 14.9 Å². The molecule has 4 heteroatoms. The third-order valence-electron chi connectivity index (χ3n) is 2.29. The highest BCUT2D eigenvalue weighted by molar-refractivity contribution is 14.1. The van der Waals surface area contributed by atoms with Gasteiger partial charge in [-0.15, -0.1) is 0 Å². The van der Waals surface area contributed by atoms with Crippen LogP contribution in [-0.2, 0) is 6.42 Å². The lowest BCUT2D eigenvalue weighted by Crippen LogP contribution is -2.00. The molecular weight excluding hydrogens is 319 g/mol. The fourth-order valence-corrected chi connectivity index (χ4v) is 1.70. The summed E-state index contributed by atoms with van der Waals surface area (Å²) in [7, 11) is 1.63. The molecule has 0 aliphatic carbocycles. The summed E-state index contributed by atoms with van der Waals surface area (Å²) in [4.78, 5) is 0. The second-order valence-corrected chi connectivity index (χ2v) is 4.65. The molecule has 2 N–H and O–H groups in total. The second-order valence-electron chi connectivity index (χ2n) is 3.35. The standard InChI is InChI=1S/C12H15IO3/c1-16-11-4-2-9(3-5-11)6-10(7-14)12(13)8-15/h2-5,14-15H,6-8H2,1H3/b12-10-. The monoisotopic (exact) mass is 334 g/mol. The number of halogens is 1. The van der Waals surface area contributed by atoms with Crippen molar-refractivity contribution >= 4 is 22.6 Å². The number of benzene rings is 1. The van der Waals surface area contributed by atoms with E-state index in [1.165, 1.54) is 0 Å². The summed E-state index contributed by atoms with van der Waals surface area (Å²) in [5, 5.41) is 18.2.